The van der Waals surface area contributed by atoms with Crippen molar-refractivity contribution in [2.75, 3.05) is 5.32 Å². The van der Waals surface area contributed by atoms with E-state index in [1.165, 1.54) is 12.1 Å². The van der Waals surface area contributed by atoms with Gasteiger partial charge in [0.15, 0.2) is 0 Å². The van der Waals surface area contributed by atoms with Crippen molar-refractivity contribution >= 4 is 5.69 Å². The summed E-state index contributed by atoms with van der Waals surface area (Å²) in [5.41, 5.74) is 2.14. The van der Waals surface area contributed by atoms with Gasteiger partial charge >= 0.3 is 6.18 Å². The Morgan fingerprint density at radius 1 is 1.00 bits per heavy atom. The molecule has 0 aromatic heterocycles. The number of hydrogen-bond donors (Lipinski definition) is 1. The Balaban J connectivity index is 1.86. The summed E-state index contributed by atoms with van der Waals surface area (Å²) in [6.45, 7) is 0. The van der Waals surface area contributed by atoms with Gasteiger partial charge in [-0.2, -0.15) is 13.2 Å². The van der Waals surface area contributed by atoms with Crippen LogP contribution in [0.4, 0.5) is 18.9 Å². The number of aryl methyl sites for hydroxylation is 1. The van der Waals surface area contributed by atoms with Crippen molar-refractivity contribution in [2.45, 2.75) is 25.1 Å². The average molecular weight is 277 g/mol. The van der Waals surface area contributed by atoms with Crippen molar-refractivity contribution in [3.05, 3.63) is 65.2 Å². The maximum absolute atomic E-state index is 12.7. The Kier molecular flexibility index (Phi) is 3.16. The summed E-state index contributed by atoms with van der Waals surface area (Å²) in [6.07, 6.45) is -2.81. The first-order valence-electron chi connectivity index (χ1n) is 6.55. The molecule has 1 aliphatic rings. The van der Waals surface area contributed by atoms with Crippen LogP contribution in [-0.2, 0) is 12.6 Å². The summed E-state index contributed by atoms with van der Waals surface area (Å²) in [5.74, 6) is 0. The molecule has 0 amide bonds. The predicted octanol–water partition coefficient (Wildman–Crippen LogP) is 4.80. The lowest BCUT2D eigenvalue weighted by Gasteiger charge is -2.28. The highest BCUT2D eigenvalue weighted by Gasteiger charge is 2.31. The van der Waals surface area contributed by atoms with Crippen molar-refractivity contribution < 1.29 is 13.2 Å². The molecule has 0 spiro atoms. The number of halogens is 3. The molecule has 1 heterocycles. The standard InChI is InChI=1S/C16H14F3N/c17-16(18,19)13-7-9-15-12(10-13)6-8-14(20-15)11-4-2-1-3-5-11/h1-5,7,9-10,14,20H,6,8H2/t14-/m1/s1. The molecule has 4 heteroatoms. The first-order valence-corrected chi connectivity index (χ1v) is 6.55. The van der Waals surface area contributed by atoms with E-state index in [4.69, 9.17) is 0 Å². The third-order valence-corrected chi connectivity index (χ3v) is 3.67. The third-order valence-electron chi connectivity index (χ3n) is 3.67. The summed E-state index contributed by atoms with van der Waals surface area (Å²) >= 11 is 0. The zero-order valence-electron chi connectivity index (χ0n) is 10.7. The van der Waals surface area contributed by atoms with Crippen LogP contribution in [0.2, 0.25) is 0 Å². The van der Waals surface area contributed by atoms with Gasteiger partial charge in [0.2, 0.25) is 0 Å². The quantitative estimate of drug-likeness (QED) is 0.789. The zero-order valence-corrected chi connectivity index (χ0v) is 10.7. The van der Waals surface area contributed by atoms with Gasteiger partial charge in [-0.05, 0) is 42.2 Å². The Bertz CT molecular complexity index is 605. The van der Waals surface area contributed by atoms with Crippen LogP contribution < -0.4 is 5.32 Å². The van der Waals surface area contributed by atoms with E-state index in [9.17, 15) is 13.2 Å². The first kappa shape index (κ1) is 13.0. The topological polar surface area (TPSA) is 12.0 Å². The highest BCUT2D eigenvalue weighted by atomic mass is 19.4. The first-order chi connectivity index (χ1) is 9.54. The minimum Gasteiger partial charge on any atom is -0.378 e. The highest BCUT2D eigenvalue weighted by Crippen LogP contribution is 2.37. The van der Waals surface area contributed by atoms with Gasteiger partial charge in [-0.15, -0.1) is 0 Å². The fraction of sp³-hybridized carbons (Fsp3) is 0.250. The zero-order chi connectivity index (χ0) is 14.2. The van der Waals surface area contributed by atoms with Crippen molar-refractivity contribution in [1.82, 2.24) is 0 Å². The van der Waals surface area contributed by atoms with Crippen molar-refractivity contribution in [1.29, 1.82) is 0 Å². The molecule has 1 aliphatic heterocycles. The summed E-state index contributed by atoms with van der Waals surface area (Å²) in [5, 5.41) is 3.32. The predicted molar refractivity (Wildman–Crippen MR) is 72.6 cm³/mol. The van der Waals surface area contributed by atoms with E-state index in [2.05, 4.69) is 5.32 Å². The summed E-state index contributed by atoms with van der Waals surface area (Å²) in [6, 6.07) is 14.1. The Hall–Kier alpha value is -1.97. The number of rotatable bonds is 1. The summed E-state index contributed by atoms with van der Waals surface area (Å²) in [4.78, 5) is 0. The van der Waals surface area contributed by atoms with Crippen LogP contribution in [0.15, 0.2) is 48.5 Å². The lowest BCUT2D eigenvalue weighted by molar-refractivity contribution is -0.137. The van der Waals surface area contributed by atoms with E-state index in [0.29, 0.717) is 6.42 Å². The molecular weight excluding hydrogens is 263 g/mol. The number of nitrogens with one attached hydrogen (secondary N) is 1. The lowest BCUT2D eigenvalue weighted by atomic mass is 9.92. The van der Waals surface area contributed by atoms with Crippen LogP contribution in [0.1, 0.15) is 29.2 Å². The second-order valence-electron chi connectivity index (χ2n) is 5.02. The van der Waals surface area contributed by atoms with Crippen LogP contribution in [0, 0.1) is 0 Å². The van der Waals surface area contributed by atoms with E-state index in [0.717, 1.165) is 29.3 Å². The van der Waals surface area contributed by atoms with E-state index < -0.39 is 11.7 Å². The molecule has 0 unspecified atom stereocenters. The Labute approximate surface area is 115 Å². The van der Waals surface area contributed by atoms with Crippen LogP contribution in [0.5, 0.6) is 0 Å². The van der Waals surface area contributed by atoms with Crippen LogP contribution in [0.3, 0.4) is 0 Å². The minimum absolute atomic E-state index is 0.167. The molecule has 20 heavy (non-hydrogen) atoms. The maximum atomic E-state index is 12.7. The van der Waals surface area contributed by atoms with Crippen LogP contribution in [-0.4, -0.2) is 0 Å². The number of hydrogen-bond acceptors (Lipinski definition) is 1. The van der Waals surface area contributed by atoms with Gasteiger partial charge in [-0.1, -0.05) is 30.3 Å². The highest BCUT2D eigenvalue weighted by molar-refractivity contribution is 5.56. The van der Waals surface area contributed by atoms with E-state index in [1.807, 2.05) is 30.3 Å². The van der Waals surface area contributed by atoms with Crippen LogP contribution in [0.25, 0.3) is 0 Å². The molecular formula is C16H14F3N. The summed E-state index contributed by atoms with van der Waals surface area (Å²) < 4.78 is 38.0. The SMILES string of the molecule is FC(F)(F)c1ccc2c(c1)CC[C@H](c1ccccc1)N2. The Morgan fingerprint density at radius 3 is 2.45 bits per heavy atom. The van der Waals surface area contributed by atoms with Crippen molar-refractivity contribution in [3.8, 4) is 0 Å². The molecule has 0 fully saturated rings. The van der Waals surface area contributed by atoms with Gasteiger partial charge < -0.3 is 5.32 Å². The number of alkyl halides is 3. The average Bonchev–Trinajstić information content (AvgIpc) is 2.46. The molecule has 0 aliphatic carbocycles. The molecule has 0 saturated heterocycles. The van der Waals surface area contributed by atoms with Gasteiger partial charge in [0.1, 0.15) is 0 Å². The second-order valence-corrected chi connectivity index (χ2v) is 5.02. The smallest absolute Gasteiger partial charge is 0.378 e. The van der Waals surface area contributed by atoms with Gasteiger partial charge in [0, 0.05) is 5.69 Å². The lowest BCUT2D eigenvalue weighted by Crippen LogP contribution is -2.18. The Morgan fingerprint density at radius 2 is 1.75 bits per heavy atom. The number of benzene rings is 2. The van der Waals surface area contributed by atoms with Gasteiger partial charge in [0.05, 0.1) is 11.6 Å². The van der Waals surface area contributed by atoms with Crippen molar-refractivity contribution in [2.24, 2.45) is 0 Å². The minimum atomic E-state index is -4.27. The fourth-order valence-corrected chi connectivity index (χ4v) is 2.61. The largest absolute Gasteiger partial charge is 0.416 e. The summed E-state index contributed by atoms with van der Waals surface area (Å²) in [7, 11) is 0. The second kappa shape index (κ2) is 4.85. The molecule has 0 radical (unpaired) electrons. The molecule has 2 aromatic carbocycles. The molecule has 1 nitrogen and oxygen atoms in total. The van der Waals surface area contributed by atoms with E-state index in [1.54, 1.807) is 0 Å². The van der Waals surface area contributed by atoms with E-state index in [-0.39, 0.29) is 6.04 Å². The number of fused-ring (bicyclic) bond motifs is 1. The molecule has 0 saturated carbocycles. The van der Waals surface area contributed by atoms with Gasteiger partial charge in [-0.25, -0.2) is 0 Å². The molecule has 0 bridgehead atoms. The maximum Gasteiger partial charge on any atom is 0.416 e. The molecule has 1 N–H and O–H groups in total. The van der Waals surface area contributed by atoms with Crippen LogP contribution >= 0.6 is 0 Å². The van der Waals surface area contributed by atoms with Crippen molar-refractivity contribution in [3.63, 3.8) is 0 Å². The normalized spacial score (nSPS) is 18.2. The monoisotopic (exact) mass is 277 g/mol. The third kappa shape index (κ3) is 2.50. The van der Waals surface area contributed by atoms with E-state index >= 15 is 0 Å². The fourth-order valence-electron chi connectivity index (χ4n) is 2.61. The van der Waals surface area contributed by atoms with Gasteiger partial charge in [0.25, 0.3) is 0 Å². The number of anilines is 1. The molecule has 104 valence electrons. The molecule has 1 atom stereocenters. The molecule has 2 aromatic rings. The van der Waals surface area contributed by atoms with Gasteiger partial charge in [-0.3, -0.25) is 0 Å². The molecule has 3 rings (SSSR count).